The smallest absolute Gasteiger partial charge is 0.163 e. The topological polar surface area (TPSA) is 96.5 Å². The average Bonchev–Trinajstić information content (AvgIpc) is 2.94. The maximum atomic E-state index is 10.4. The molecule has 8 heteroatoms. The van der Waals surface area contributed by atoms with E-state index in [0.29, 0.717) is 44.8 Å². The van der Waals surface area contributed by atoms with Gasteiger partial charge in [0.2, 0.25) is 0 Å². The molecule has 24 heavy (non-hydrogen) atoms. The van der Waals surface area contributed by atoms with E-state index >= 15 is 0 Å². The number of aromatic nitrogens is 4. The summed E-state index contributed by atoms with van der Waals surface area (Å²) in [5.74, 6) is 1.59. The van der Waals surface area contributed by atoms with Crippen molar-refractivity contribution in [1.82, 2.24) is 19.7 Å². The van der Waals surface area contributed by atoms with Gasteiger partial charge < -0.3 is 19.8 Å². The number of piperidine rings is 1. The van der Waals surface area contributed by atoms with Gasteiger partial charge in [0, 0.05) is 20.1 Å². The lowest BCUT2D eigenvalue weighted by atomic mass is 9.80. The highest BCUT2D eigenvalue weighted by Crippen LogP contribution is 2.37. The fraction of sp³-hybridized carbons (Fsp3) is 0.688. The molecule has 2 atom stereocenters. The maximum Gasteiger partial charge on any atom is 0.163 e. The van der Waals surface area contributed by atoms with Crippen LogP contribution in [0.1, 0.15) is 25.1 Å². The summed E-state index contributed by atoms with van der Waals surface area (Å²) >= 11 is 0. The molecule has 1 spiro atoms. The summed E-state index contributed by atoms with van der Waals surface area (Å²) in [5, 5.41) is 25.6. The summed E-state index contributed by atoms with van der Waals surface area (Å²) in [6, 6.07) is 0. The first-order chi connectivity index (χ1) is 11.5. The molecule has 2 fully saturated rings. The number of aliphatic hydroxyl groups excluding tert-OH is 2. The summed E-state index contributed by atoms with van der Waals surface area (Å²) in [6.07, 6.45) is 2.10. The van der Waals surface area contributed by atoms with Crippen LogP contribution in [-0.4, -0.2) is 67.5 Å². The third-order valence-electron chi connectivity index (χ3n) is 5.30. The molecule has 4 rings (SSSR count). The Morgan fingerprint density at radius 2 is 2.00 bits per heavy atom. The molecule has 2 aliphatic heterocycles. The number of fused-ring (bicyclic) bond motifs is 1. The van der Waals surface area contributed by atoms with E-state index in [4.69, 9.17) is 4.74 Å². The Hall–Kier alpha value is -1.77. The van der Waals surface area contributed by atoms with Gasteiger partial charge >= 0.3 is 0 Å². The molecular weight excluding hydrogens is 310 g/mol. The molecular formula is C16H23N5O3. The molecule has 2 aromatic heterocycles. The van der Waals surface area contributed by atoms with E-state index in [0.717, 1.165) is 16.9 Å². The van der Waals surface area contributed by atoms with Crippen molar-refractivity contribution in [2.24, 2.45) is 7.05 Å². The fourth-order valence-electron chi connectivity index (χ4n) is 3.87. The van der Waals surface area contributed by atoms with Crippen LogP contribution in [-0.2, 0) is 11.8 Å². The number of nitrogens with zero attached hydrogens (tertiary/aromatic N) is 5. The molecule has 8 nitrogen and oxygen atoms in total. The van der Waals surface area contributed by atoms with Gasteiger partial charge in [0.1, 0.15) is 17.7 Å². The van der Waals surface area contributed by atoms with E-state index < -0.39 is 17.8 Å². The Bertz CT molecular complexity index is 753. The predicted octanol–water partition coefficient (Wildman–Crippen LogP) is 0.153. The zero-order valence-corrected chi connectivity index (χ0v) is 14.0. The van der Waals surface area contributed by atoms with Crippen molar-refractivity contribution < 1.29 is 14.9 Å². The van der Waals surface area contributed by atoms with Crippen molar-refractivity contribution in [1.29, 1.82) is 0 Å². The third-order valence-corrected chi connectivity index (χ3v) is 5.30. The van der Waals surface area contributed by atoms with Crippen LogP contribution in [0.2, 0.25) is 0 Å². The fourth-order valence-corrected chi connectivity index (χ4v) is 3.87. The van der Waals surface area contributed by atoms with E-state index in [9.17, 15) is 10.2 Å². The van der Waals surface area contributed by atoms with Gasteiger partial charge in [-0.1, -0.05) is 0 Å². The van der Waals surface area contributed by atoms with Gasteiger partial charge in [0.25, 0.3) is 0 Å². The SMILES string of the molecule is Cc1nc(N2CCC3(CC2)OCC[C@H](O)[C@@H]3O)c2cnn(C)c2n1. The number of ether oxygens (including phenoxy) is 1. The molecule has 2 aromatic rings. The highest BCUT2D eigenvalue weighted by atomic mass is 16.5. The molecule has 0 radical (unpaired) electrons. The standard InChI is InChI=1S/C16H23N5O3/c1-10-18-14-11(9-17-20(14)2)15(19-10)21-6-4-16(5-7-21)13(23)12(22)3-8-24-16/h9,12-13,22-23H,3-8H2,1-2H3/t12-,13-/m0/s1. The van der Waals surface area contributed by atoms with Crippen LogP contribution in [0.25, 0.3) is 11.0 Å². The summed E-state index contributed by atoms with van der Waals surface area (Å²) < 4.78 is 7.66. The number of aliphatic hydroxyl groups is 2. The van der Waals surface area contributed by atoms with Crippen LogP contribution in [0.5, 0.6) is 0 Å². The van der Waals surface area contributed by atoms with Gasteiger partial charge in [0.05, 0.1) is 29.9 Å². The van der Waals surface area contributed by atoms with Crippen LogP contribution in [0.15, 0.2) is 6.20 Å². The molecule has 2 N–H and O–H groups in total. The Kier molecular flexibility index (Phi) is 3.70. The van der Waals surface area contributed by atoms with Crippen molar-refractivity contribution in [2.45, 2.75) is 44.0 Å². The van der Waals surface area contributed by atoms with Gasteiger partial charge in [-0.25, -0.2) is 9.97 Å². The van der Waals surface area contributed by atoms with E-state index in [2.05, 4.69) is 20.0 Å². The quantitative estimate of drug-likeness (QED) is 0.767. The average molecular weight is 333 g/mol. The molecule has 4 heterocycles. The second kappa shape index (κ2) is 5.65. The molecule has 0 bridgehead atoms. The van der Waals surface area contributed by atoms with Crippen molar-refractivity contribution in [3.05, 3.63) is 12.0 Å². The molecule has 2 saturated heterocycles. The number of hydrogen-bond donors (Lipinski definition) is 2. The second-order valence-electron chi connectivity index (χ2n) is 6.80. The van der Waals surface area contributed by atoms with Crippen LogP contribution in [0, 0.1) is 6.92 Å². The molecule has 2 aliphatic rings. The lowest BCUT2D eigenvalue weighted by molar-refractivity contribution is -0.205. The minimum Gasteiger partial charge on any atom is -0.390 e. The first-order valence-corrected chi connectivity index (χ1v) is 8.41. The maximum absolute atomic E-state index is 10.4. The normalized spacial score (nSPS) is 27.1. The zero-order valence-electron chi connectivity index (χ0n) is 14.0. The van der Waals surface area contributed by atoms with Crippen LogP contribution >= 0.6 is 0 Å². The van der Waals surface area contributed by atoms with Crippen molar-refractivity contribution in [3.8, 4) is 0 Å². The first-order valence-electron chi connectivity index (χ1n) is 8.41. The Labute approximate surface area is 140 Å². The second-order valence-corrected chi connectivity index (χ2v) is 6.80. The molecule has 0 amide bonds. The lowest BCUT2D eigenvalue weighted by Crippen LogP contribution is -2.60. The lowest BCUT2D eigenvalue weighted by Gasteiger charge is -2.48. The summed E-state index contributed by atoms with van der Waals surface area (Å²) in [5.41, 5.74) is 0.187. The Morgan fingerprint density at radius 3 is 2.75 bits per heavy atom. The highest BCUT2D eigenvalue weighted by molar-refractivity contribution is 5.87. The van der Waals surface area contributed by atoms with Gasteiger partial charge in [-0.2, -0.15) is 5.10 Å². The highest BCUT2D eigenvalue weighted by Gasteiger charge is 2.47. The van der Waals surface area contributed by atoms with Gasteiger partial charge in [-0.15, -0.1) is 0 Å². The Balaban J connectivity index is 1.60. The minimum atomic E-state index is -0.820. The minimum absolute atomic E-state index is 0.494. The van der Waals surface area contributed by atoms with E-state index in [-0.39, 0.29) is 0 Å². The molecule has 0 aromatic carbocycles. The Morgan fingerprint density at radius 1 is 1.25 bits per heavy atom. The summed E-state index contributed by atoms with van der Waals surface area (Å²) in [4.78, 5) is 11.3. The molecule has 0 aliphatic carbocycles. The van der Waals surface area contributed by atoms with Crippen molar-refractivity contribution in [3.63, 3.8) is 0 Å². The van der Waals surface area contributed by atoms with Crippen molar-refractivity contribution >= 4 is 16.9 Å². The number of aryl methyl sites for hydroxylation is 2. The number of anilines is 1. The third kappa shape index (κ3) is 2.37. The summed E-state index contributed by atoms with van der Waals surface area (Å²) in [7, 11) is 1.87. The van der Waals surface area contributed by atoms with Gasteiger partial charge in [-0.05, 0) is 26.2 Å². The van der Waals surface area contributed by atoms with E-state index in [1.165, 1.54) is 0 Å². The monoisotopic (exact) mass is 333 g/mol. The molecule has 0 saturated carbocycles. The predicted molar refractivity (Wildman–Crippen MR) is 87.8 cm³/mol. The van der Waals surface area contributed by atoms with Crippen molar-refractivity contribution in [2.75, 3.05) is 24.6 Å². The molecule has 0 unspecified atom stereocenters. The van der Waals surface area contributed by atoms with Gasteiger partial charge in [-0.3, -0.25) is 4.68 Å². The van der Waals surface area contributed by atoms with Crippen LogP contribution in [0.3, 0.4) is 0 Å². The zero-order chi connectivity index (χ0) is 16.9. The van der Waals surface area contributed by atoms with E-state index in [1.807, 2.05) is 14.0 Å². The van der Waals surface area contributed by atoms with Crippen LogP contribution < -0.4 is 4.90 Å². The summed E-state index contributed by atoms with van der Waals surface area (Å²) in [6.45, 7) is 3.80. The number of rotatable bonds is 1. The first kappa shape index (κ1) is 15.7. The van der Waals surface area contributed by atoms with E-state index in [1.54, 1.807) is 10.9 Å². The molecule has 130 valence electrons. The van der Waals surface area contributed by atoms with Crippen LogP contribution in [0.4, 0.5) is 5.82 Å². The number of hydrogen-bond acceptors (Lipinski definition) is 7. The van der Waals surface area contributed by atoms with Gasteiger partial charge in [0.15, 0.2) is 5.65 Å². The largest absolute Gasteiger partial charge is 0.390 e.